The lowest BCUT2D eigenvalue weighted by molar-refractivity contribution is -0.916. The average molecular weight is 431 g/mol. The van der Waals surface area contributed by atoms with Crippen molar-refractivity contribution in [2.75, 3.05) is 46.8 Å². The van der Waals surface area contributed by atoms with E-state index in [-0.39, 0.29) is 5.91 Å². The minimum absolute atomic E-state index is 0.113. The lowest BCUT2D eigenvalue weighted by atomic mass is 10.1. The molecule has 4 nitrogen and oxygen atoms in total. The summed E-state index contributed by atoms with van der Waals surface area (Å²) in [4.78, 5) is 13.0. The van der Waals surface area contributed by atoms with Gasteiger partial charge in [0.15, 0.2) is 0 Å². The molecule has 0 saturated carbocycles. The van der Waals surface area contributed by atoms with Gasteiger partial charge in [0, 0.05) is 32.5 Å². The Labute approximate surface area is 192 Å². The van der Waals surface area contributed by atoms with Gasteiger partial charge in [0.1, 0.15) is 0 Å². The molecule has 0 aliphatic carbocycles. The quantitative estimate of drug-likeness (QED) is 0.179. The van der Waals surface area contributed by atoms with Gasteiger partial charge in [-0.2, -0.15) is 0 Å². The Kier molecular flexibility index (Phi) is 12.2. The van der Waals surface area contributed by atoms with Crippen molar-refractivity contribution >= 4 is 5.91 Å². The first-order valence-electron chi connectivity index (χ1n) is 13.0. The van der Waals surface area contributed by atoms with Crippen molar-refractivity contribution in [1.29, 1.82) is 0 Å². The van der Waals surface area contributed by atoms with E-state index in [2.05, 4.69) is 6.92 Å². The van der Waals surface area contributed by atoms with E-state index in [1.807, 2.05) is 54.4 Å². The molecule has 2 rings (SSSR count). The van der Waals surface area contributed by atoms with E-state index in [9.17, 15) is 4.79 Å². The zero-order chi connectivity index (χ0) is 22.4. The predicted octanol–water partition coefficient (Wildman–Crippen LogP) is 6.14. The highest BCUT2D eigenvalue weighted by Crippen LogP contribution is 2.22. The molecule has 176 valence electrons. The normalized spacial score (nSPS) is 15.5. The number of carbonyl (C=O) groups excluding carboxylic acids is 1. The molecule has 0 atom stereocenters. The molecule has 0 spiro atoms. The molecule has 1 aliphatic rings. The fourth-order valence-electron chi connectivity index (χ4n) is 5.02. The molecule has 31 heavy (non-hydrogen) atoms. The first kappa shape index (κ1) is 25.9. The molecule has 0 aromatic heterocycles. The molecule has 1 aromatic rings. The van der Waals surface area contributed by atoms with Crippen LogP contribution in [0.4, 0.5) is 0 Å². The van der Waals surface area contributed by atoms with Crippen LogP contribution in [0.15, 0.2) is 30.3 Å². The predicted molar refractivity (Wildman–Crippen MR) is 132 cm³/mol. The van der Waals surface area contributed by atoms with Crippen LogP contribution in [-0.2, 0) is 0 Å². The number of likely N-dealkylation sites (tertiary alicyclic amines) is 1. The summed E-state index contributed by atoms with van der Waals surface area (Å²) in [6, 6.07) is 9.70. The summed E-state index contributed by atoms with van der Waals surface area (Å²) in [6.45, 7) is 8.04. The van der Waals surface area contributed by atoms with E-state index < -0.39 is 0 Å². The van der Waals surface area contributed by atoms with Crippen LogP contribution < -0.4 is 0 Å². The zero-order valence-electron chi connectivity index (χ0n) is 20.7. The van der Waals surface area contributed by atoms with Crippen LogP contribution in [0.5, 0.6) is 0 Å². The number of unbranched alkanes of at least 4 members (excludes halogenated alkanes) is 9. The van der Waals surface area contributed by atoms with Crippen molar-refractivity contribution in [2.24, 2.45) is 0 Å². The van der Waals surface area contributed by atoms with Gasteiger partial charge in [0.25, 0.3) is 5.91 Å². The smallest absolute Gasteiger partial charge is 0.268 e. The minimum Gasteiger partial charge on any atom is -0.322 e. The SMILES string of the molecule is CCCCCCCCCCCC[N+]1(CCN(C(=O)c2ccccc2)N(C)C)CCCC1. The van der Waals surface area contributed by atoms with Crippen LogP contribution in [-0.4, -0.2) is 67.2 Å². The van der Waals surface area contributed by atoms with Gasteiger partial charge < -0.3 is 4.48 Å². The van der Waals surface area contributed by atoms with E-state index in [0.29, 0.717) is 0 Å². The van der Waals surface area contributed by atoms with E-state index in [4.69, 9.17) is 0 Å². The van der Waals surface area contributed by atoms with Crippen molar-refractivity contribution in [3.63, 3.8) is 0 Å². The molecule has 1 amide bonds. The van der Waals surface area contributed by atoms with Crippen molar-refractivity contribution in [3.8, 4) is 0 Å². The number of carbonyl (C=O) groups is 1. The first-order chi connectivity index (χ1) is 15.1. The van der Waals surface area contributed by atoms with Gasteiger partial charge in [-0.1, -0.05) is 76.5 Å². The number of amides is 1. The van der Waals surface area contributed by atoms with Crippen LogP contribution in [0.1, 0.15) is 94.3 Å². The molecule has 1 heterocycles. The number of benzene rings is 1. The molecule has 0 unspecified atom stereocenters. The second-order valence-corrected chi connectivity index (χ2v) is 9.77. The number of rotatable bonds is 16. The van der Waals surface area contributed by atoms with E-state index >= 15 is 0 Å². The number of hydrazine groups is 1. The highest BCUT2D eigenvalue weighted by atomic mass is 16.2. The average Bonchev–Trinajstić information content (AvgIpc) is 3.24. The summed E-state index contributed by atoms with van der Waals surface area (Å²) in [7, 11) is 3.97. The number of hydrogen-bond donors (Lipinski definition) is 0. The maximum Gasteiger partial charge on any atom is 0.268 e. The highest BCUT2D eigenvalue weighted by Gasteiger charge is 2.32. The molecular formula is C27H48N3O+. The maximum atomic E-state index is 13.0. The lowest BCUT2D eigenvalue weighted by Gasteiger charge is -2.38. The van der Waals surface area contributed by atoms with Crippen molar-refractivity contribution in [3.05, 3.63) is 35.9 Å². The number of hydrogen-bond acceptors (Lipinski definition) is 2. The first-order valence-corrected chi connectivity index (χ1v) is 13.0. The van der Waals surface area contributed by atoms with E-state index in [1.54, 1.807) is 0 Å². The van der Waals surface area contributed by atoms with Crippen molar-refractivity contribution < 1.29 is 9.28 Å². The van der Waals surface area contributed by atoms with Crippen LogP contribution >= 0.6 is 0 Å². The fourth-order valence-corrected chi connectivity index (χ4v) is 5.02. The van der Waals surface area contributed by atoms with Gasteiger partial charge in [0.05, 0.1) is 32.7 Å². The molecular weight excluding hydrogens is 382 g/mol. The van der Waals surface area contributed by atoms with Crippen LogP contribution in [0.3, 0.4) is 0 Å². The van der Waals surface area contributed by atoms with Gasteiger partial charge in [0.2, 0.25) is 0 Å². The summed E-state index contributed by atoms with van der Waals surface area (Å²) >= 11 is 0. The Hall–Kier alpha value is -1.39. The Morgan fingerprint density at radius 3 is 1.90 bits per heavy atom. The second kappa shape index (κ2) is 14.6. The third kappa shape index (κ3) is 9.33. The highest BCUT2D eigenvalue weighted by molar-refractivity contribution is 5.93. The summed E-state index contributed by atoms with van der Waals surface area (Å²) in [6.07, 6.45) is 16.6. The van der Waals surface area contributed by atoms with E-state index in [1.165, 1.54) is 101 Å². The largest absolute Gasteiger partial charge is 0.322 e. The second-order valence-electron chi connectivity index (χ2n) is 9.77. The monoisotopic (exact) mass is 430 g/mol. The molecule has 0 bridgehead atoms. The molecule has 1 saturated heterocycles. The topological polar surface area (TPSA) is 23.6 Å². The van der Waals surface area contributed by atoms with Gasteiger partial charge in [-0.3, -0.25) is 9.80 Å². The Bertz CT molecular complexity index is 596. The van der Waals surface area contributed by atoms with Crippen LogP contribution in [0.2, 0.25) is 0 Å². The lowest BCUT2D eigenvalue weighted by Crippen LogP contribution is -2.53. The van der Waals surface area contributed by atoms with Gasteiger partial charge in [-0.05, 0) is 25.0 Å². The van der Waals surface area contributed by atoms with Crippen LogP contribution in [0.25, 0.3) is 0 Å². The standard InChI is InChI=1S/C27H48N3O/c1-4-5-6-7-8-9-10-11-12-16-22-30(23-17-18-24-30)25-21-29(28(2)3)27(31)26-19-14-13-15-20-26/h13-15,19-20H,4-12,16-18,21-25H2,1-3H3/q+1. The Morgan fingerprint density at radius 2 is 1.35 bits per heavy atom. The summed E-state index contributed by atoms with van der Waals surface area (Å²) < 4.78 is 1.21. The molecule has 1 aliphatic heterocycles. The molecule has 4 heteroatoms. The van der Waals surface area contributed by atoms with Crippen molar-refractivity contribution in [1.82, 2.24) is 10.0 Å². The fraction of sp³-hybridized carbons (Fsp3) is 0.741. The molecule has 0 radical (unpaired) electrons. The van der Waals surface area contributed by atoms with Gasteiger partial charge in [-0.25, -0.2) is 5.01 Å². The minimum atomic E-state index is 0.113. The van der Waals surface area contributed by atoms with Crippen LogP contribution in [0, 0.1) is 0 Å². The van der Waals surface area contributed by atoms with Gasteiger partial charge in [-0.15, -0.1) is 0 Å². The third-order valence-electron chi connectivity index (χ3n) is 7.03. The zero-order valence-corrected chi connectivity index (χ0v) is 20.7. The molecule has 0 N–H and O–H groups in total. The van der Waals surface area contributed by atoms with E-state index in [0.717, 1.165) is 18.7 Å². The third-order valence-corrected chi connectivity index (χ3v) is 7.03. The summed E-state index contributed by atoms with van der Waals surface area (Å²) in [5, 5.41) is 3.88. The number of nitrogens with zero attached hydrogens (tertiary/aromatic N) is 3. The summed E-state index contributed by atoms with van der Waals surface area (Å²) in [5.41, 5.74) is 0.777. The Morgan fingerprint density at radius 1 is 0.806 bits per heavy atom. The van der Waals surface area contributed by atoms with Gasteiger partial charge >= 0.3 is 0 Å². The van der Waals surface area contributed by atoms with Crippen molar-refractivity contribution in [2.45, 2.75) is 84.0 Å². The Balaban J connectivity index is 1.73. The number of quaternary nitrogens is 1. The molecule has 1 fully saturated rings. The summed E-state index contributed by atoms with van der Waals surface area (Å²) in [5.74, 6) is 0.113. The maximum absolute atomic E-state index is 13.0. The molecule has 1 aromatic carbocycles.